The third kappa shape index (κ3) is 2.44. The Bertz CT molecular complexity index is 336. The summed E-state index contributed by atoms with van der Waals surface area (Å²) in [5.74, 6) is -0.0581. The Morgan fingerprint density at radius 2 is 2.00 bits per heavy atom. The van der Waals surface area contributed by atoms with Crippen molar-refractivity contribution in [2.45, 2.75) is 19.8 Å². The minimum absolute atomic E-state index is 0.0581. The van der Waals surface area contributed by atoms with Crippen molar-refractivity contribution in [2.24, 2.45) is 0 Å². The first-order chi connectivity index (χ1) is 7.13. The predicted octanol–water partition coefficient (Wildman–Crippen LogP) is 0.879. The van der Waals surface area contributed by atoms with Crippen LogP contribution in [0.1, 0.15) is 23.2 Å². The number of methoxy groups -OCH3 is 2. The predicted molar refractivity (Wildman–Crippen MR) is 53.3 cm³/mol. The first-order valence-electron chi connectivity index (χ1n) is 4.49. The van der Waals surface area contributed by atoms with Gasteiger partial charge in [-0.05, 0) is 13.0 Å². The molecule has 84 valence electrons. The van der Waals surface area contributed by atoms with Crippen molar-refractivity contribution in [3.05, 3.63) is 23.0 Å². The lowest BCUT2D eigenvalue weighted by atomic mass is 10.1. The molecule has 2 N–H and O–H groups in total. The number of aryl methyl sites for hydroxylation is 1. The van der Waals surface area contributed by atoms with E-state index in [2.05, 4.69) is 4.98 Å². The van der Waals surface area contributed by atoms with Crippen LogP contribution in [-0.4, -0.2) is 29.4 Å². The summed E-state index contributed by atoms with van der Waals surface area (Å²) in [6.45, 7) is 1.47. The molecule has 1 heterocycles. The van der Waals surface area contributed by atoms with Crippen LogP contribution in [0.2, 0.25) is 0 Å². The first-order valence-corrected chi connectivity index (χ1v) is 4.49. The van der Waals surface area contributed by atoms with Gasteiger partial charge in [0.2, 0.25) is 0 Å². The summed E-state index contributed by atoms with van der Waals surface area (Å²) >= 11 is 0. The standard InChI is InChI=1S/C10H15NO4/c1-6-7(10(14-2)15-3)4-9(13)8(5-12)11-6/h4,10,12-13H,5H2,1-3H3. The fraction of sp³-hybridized carbons (Fsp3) is 0.500. The van der Waals surface area contributed by atoms with E-state index in [-0.39, 0.29) is 18.1 Å². The summed E-state index contributed by atoms with van der Waals surface area (Å²) < 4.78 is 10.1. The summed E-state index contributed by atoms with van der Waals surface area (Å²) in [7, 11) is 3.01. The largest absolute Gasteiger partial charge is 0.506 e. The van der Waals surface area contributed by atoms with Gasteiger partial charge in [-0.1, -0.05) is 0 Å². The Labute approximate surface area is 88.3 Å². The Hall–Kier alpha value is -1.17. The highest BCUT2D eigenvalue weighted by atomic mass is 16.7. The van der Waals surface area contributed by atoms with Gasteiger partial charge in [0, 0.05) is 25.5 Å². The normalized spacial score (nSPS) is 11.0. The molecule has 5 nitrogen and oxygen atoms in total. The molecule has 0 saturated heterocycles. The highest BCUT2D eigenvalue weighted by molar-refractivity contribution is 5.34. The van der Waals surface area contributed by atoms with Crippen molar-refractivity contribution in [1.82, 2.24) is 4.98 Å². The number of rotatable bonds is 4. The summed E-state index contributed by atoms with van der Waals surface area (Å²) in [6.07, 6.45) is -0.559. The molecule has 1 aromatic rings. The molecule has 0 aromatic carbocycles. The maximum Gasteiger partial charge on any atom is 0.185 e. The van der Waals surface area contributed by atoms with Crippen molar-refractivity contribution in [2.75, 3.05) is 14.2 Å². The second-order valence-electron chi connectivity index (χ2n) is 3.09. The SMILES string of the molecule is COC(OC)c1cc(O)c(CO)nc1C. The summed E-state index contributed by atoms with van der Waals surface area (Å²) in [5.41, 5.74) is 1.56. The lowest BCUT2D eigenvalue weighted by Crippen LogP contribution is -2.08. The van der Waals surface area contributed by atoms with E-state index in [0.717, 1.165) is 0 Å². The summed E-state index contributed by atoms with van der Waals surface area (Å²) in [4.78, 5) is 4.05. The van der Waals surface area contributed by atoms with Crippen LogP contribution in [0.15, 0.2) is 6.07 Å². The third-order valence-corrected chi connectivity index (χ3v) is 2.14. The topological polar surface area (TPSA) is 71.8 Å². The molecule has 0 aliphatic rings. The van der Waals surface area contributed by atoms with Crippen LogP contribution in [0.3, 0.4) is 0 Å². The van der Waals surface area contributed by atoms with Crippen LogP contribution in [-0.2, 0) is 16.1 Å². The second-order valence-corrected chi connectivity index (χ2v) is 3.09. The van der Waals surface area contributed by atoms with Crippen LogP contribution < -0.4 is 0 Å². The van der Waals surface area contributed by atoms with E-state index < -0.39 is 6.29 Å². The molecule has 0 aliphatic heterocycles. The first kappa shape index (κ1) is 11.9. The number of aromatic nitrogens is 1. The molecule has 0 atom stereocenters. The van der Waals surface area contributed by atoms with E-state index in [1.54, 1.807) is 6.92 Å². The van der Waals surface area contributed by atoms with Gasteiger partial charge in [-0.25, -0.2) is 0 Å². The zero-order valence-corrected chi connectivity index (χ0v) is 9.02. The van der Waals surface area contributed by atoms with Gasteiger partial charge in [0.05, 0.1) is 6.61 Å². The average molecular weight is 213 g/mol. The molecule has 0 bridgehead atoms. The molecule has 0 amide bonds. The van der Waals surface area contributed by atoms with Gasteiger partial charge in [0.25, 0.3) is 0 Å². The molecule has 1 aromatic heterocycles. The Kier molecular flexibility index (Phi) is 4.02. The van der Waals surface area contributed by atoms with Crippen molar-refractivity contribution in [1.29, 1.82) is 0 Å². The van der Waals surface area contributed by atoms with Crippen LogP contribution >= 0.6 is 0 Å². The monoisotopic (exact) mass is 213 g/mol. The van der Waals surface area contributed by atoms with Gasteiger partial charge in [0.15, 0.2) is 6.29 Å². The number of aliphatic hydroxyl groups excluding tert-OH is 1. The van der Waals surface area contributed by atoms with E-state index in [4.69, 9.17) is 14.6 Å². The Balaban J connectivity index is 3.14. The lowest BCUT2D eigenvalue weighted by molar-refractivity contribution is -0.106. The third-order valence-electron chi connectivity index (χ3n) is 2.14. The quantitative estimate of drug-likeness (QED) is 0.726. The molecule has 15 heavy (non-hydrogen) atoms. The minimum atomic E-state index is -0.559. The fourth-order valence-corrected chi connectivity index (χ4v) is 1.36. The number of aromatic hydroxyl groups is 1. The maximum atomic E-state index is 9.52. The smallest absolute Gasteiger partial charge is 0.185 e. The van der Waals surface area contributed by atoms with E-state index in [1.165, 1.54) is 20.3 Å². The van der Waals surface area contributed by atoms with Crippen molar-refractivity contribution < 1.29 is 19.7 Å². The highest BCUT2D eigenvalue weighted by Gasteiger charge is 2.15. The van der Waals surface area contributed by atoms with Gasteiger partial charge in [0.1, 0.15) is 11.4 Å². The average Bonchev–Trinajstić information content (AvgIpc) is 2.24. The van der Waals surface area contributed by atoms with Gasteiger partial charge >= 0.3 is 0 Å². The fourth-order valence-electron chi connectivity index (χ4n) is 1.36. The summed E-state index contributed by atoms with van der Waals surface area (Å²) in [5, 5.41) is 18.4. The molecule has 0 unspecified atom stereocenters. The zero-order valence-electron chi connectivity index (χ0n) is 9.02. The maximum absolute atomic E-state index is 9.52. The van der Waals surface area contributed by atoms with Crippen LogP contribution in [0.4, 0.5) is 0 Å². The van der Waals surface area contributed by atoms with Crippen LogP contribution in [0.5, 0.6) is 5.75 Å². The molecular formula is C10H15NO4. The molecular weight excluding hydrogens is 198 g/mol. The molecule has 0 saturated carbocycles. The molecule has 5 heteroatoms. The molecule has 1 rings (SSSR count). The zero-order chi connectivity index (χ0) is 11.4. The number of nitrogens with zero attached hydrogens (tertiary/aromatic N) is 1. The highest BCUT2D eigenvalue weighted by Crippen LogP contribution is 2.26. The molecule has 0 radical (unpaired) electrons. The van der Waals surface area contributed by atoms with Crippen molar-refractivity contribution >= 4 is 0 Å². The van der Waals surface area contributed by atoms with Gasteiger partial charge in [-0.15, -0.1) is 0 Å². The van der Waals surface area contributed by atoms with E-state index >= 15 is 0 Å². The van der Waals surface area contributed by atoms with Crippen LogP contribution in [0.25, 0.3) is 0 Å². The minimum Gasteiger partial charge on any atom is -0.506 e. The Morgan fingerprint density at radius 3 is 2.47 bits per heavy atom. The van der Waals surface area contributed by atoms with Gasteiger partial charge < -0.3 is 19.7 Å². The van der Waals surface area contributed by atoms with Crippen LogP contribution in [0, 0.1) is 6.92 Å². The van der Waals surface area contributed by atoms with Gasteiger partial charge in [-0.3, -0.25) is 4.98 Å². The molecule has 0 fully saturated rings. The lowest BCUT2D eigenvalue weighted by Gasteiger charge is -2.16. The van der Waals surface area contributed by atoms with E-state index in [0.29, 0.717) is 11.3 Å². The summed E-state index contributed by atoms with van der Waals surface area (Å²) in [6, 6.07) is 1.49. The molecule has 0 aliphatic carbocycles. The van der Waals surface area contributed by atoms with Crippen molar-refractivity contribution in [3.63, 3.8) is 0 Å². The second kappa shape index (κ2) is 5.06. The number of hydrogen-bond acceptors (Lipinski definition) is 5. The number of ether oxygens (including phenoxy) is 2. The van der Waals surface area contributed by atoms with E-state index in [9.17, 15) is 5.11 Å². The number of hydrogen-bond donors (Lipinski definition) is 2. The molecule has 0 spiro atoms. The van der Waals surface area contributed by atoms with Gasteiger partial charge in [-0.2, -0.15) is 0 Å². The number of pyridine rings is 1. The number of aliphatic hydroxyl groups is 1. The Morgan fingerprint density at radius 1 is 1.40 bits per heavy atom. The van der Waals surface area contributed by atoms with E-state index in [1.807, 2.05) is 0 Å². The van der Waals surface area contributed by atoms with Crippen molar-refractivity contribution in [3.8, 4) is 5.75 Å².